The van der Waals surface area contributed by atoms with Gasteiger partial charge in [-0.15, -0.1) is 0 Å². The number of benzene rings is 4. The summed E-state index contributed by atoms with van der Waals surface area (Å²) in [4.78, 5) is 4.78. The summed E-state index contributed by atoms with van der Waals surface area (Å²) in [7, 11) is 0. The largest absolute Gasteiger partial charge is 0.380 e. The highest BCUT2D eigenvalue weighted by atomic mass is 16.5. The summed E-state index contributed by atoms with van der Waals surface area (Å²) in [6.45, 7) is 13.6. The fourth-order valence-electron chi connectivity index (χ4n) is 5.16. The summed E-state index contributed by atoms with van der Waals surface area (Å²) in [5.41, 5.74) is 6.79. The van der Waals surface area contributed by atoms with E-state index in [9.17, 15) is 0 Å². The van der Waals surface area contributed by atoms with Crippen molar-refractivity contribution in [3.63, 3.8) is 0 Å². The smallest absolute Gasteiger partial charge is 0.0641 e. The van der Waals surface area contributed by atoms with Crippen molar-refractivity contribution in [2.45, 2.75) is 52.6 Å². The maximum absolute atomic E-state index is 6.00. The lowest BCUT2D eigenvalue weighted by Crippen LogP contribution is -2.34. The van der Waals surface area contributed by atoms with E-state index in [1.54, 1.807) is 0 Å². The van der Waals surface area contributed by atoms with Crippen molar-refractivity contribution in [3.05, 3.63) is 109 Å². The molecule has 0 atom stereocenters. The van der Waals surface area contributed by atoms with Crippen LogP contribution in [-0.4, -0.2) is 51.6 Å². The van der Waals surface area contributed by atoms with Gasteiger partial charge in [-0.3, -0.25) is 0 Å². The van der Waals surface area contributed by atoms with Crippen LogP contribution in [0.25, 0.3) is 0 Å². The molecule has 6 heteroatoms. The first kappa shape index (κ1) is 32.9. The van der Waals surface area contributed by atoms with Crippen LogP contribution in [0, 0.1) is 0 Å². The Hall–Kier alpha value is -4.00. The molecule has 0 heterocycles. The van der Waals surface area contributed by atoms with Gasteiger partial charge in [-0.1, -0.05) is 36.4 Å². The van der Waals surface area contributed by atoms with E-state index in [4.69, 9.17) is 9.47 Å². The van der Waals surface area contributed by atoms with Gasteiger partial charge in [-0.25, -0.2) is 0 Å². The highest BCUT2D eigenvalue weighted by Gasteiger charge is 2.12. The molecule has 0 spiro atoms. The van der Waals surface area contributed by atoms with Gasteiger partial charge in [0.05, 0.1) is 13.2 Å². The van der Waals surface area contributed by atoms with Crippen molar-refractivity contribution in [1.29, 1.82) is 0 Å². The SMILES string of the molecule is CC(C)N(CCOCCCCOCCN(c1ccc(Nc2ccccc2)cc1)C(C)C)c1ccc(Nc2ccccc2)cc1. The maximum Gasteiger partial charge on any atom is 0.0641 e. The molecule has 0 aliphatic heterocycles. The maximum atomic E-state index is 6.00. The van der Waals surface area contributed by atoms with Crippen LogP contribution >= 0.6 is 0 Å². The quantitative estimate of drug-likeness (QED) is 0.106. The van der Waals surface area contributed by atoms with E-state index in [1.165, 1.54) is 11.4 Å². The molecule has 0 aromatic heterocycles. The molecule has 0 fully saturated rings. The molecule has 0 saturated carbocycles. The monoisotopic (exact) mass is 594 g/mol. The van der Waals surface area contributed by atoms with Gasteiger partial charge in [0, 0.05) is 72.5 Å². The second-order valence-electron chi connectivity index (χ2n) is 11.6. The third-order valence-electron chi connectivity index (χ3n) is 7.55. The fraction of sp³-hybridized carbons (Fsp3) is 0.368. The van der Waals surface area contributed by atoms with Gasteiger partial charge < -0.3 is 29.9 Å². The number of nitrogens with one attached hydrogen (secondary N) is 2. The minimum Gasteiger partial charge on any atom is -0.380 e. The van der Waals surface area contributed by atoms with Crippen molar-refractivity contribution < 1.29 is 9.47 Å². The number of hydrogen-bond acceptors (Lipinski definition) is 6. The summed E-state index contributed by atoms with van der Waals surface area (Å²) in [5, 5.41) is 6.90. The van der Waals surface area contributed by atoms with Crippen LogP contribution in [-0.2, 0) is 9.47 Å². The van der Waals surface area contributed by atoms with Crippen molar-refractivity contribution >= 4 is 34.1 Å². The molecule has 44 heavy (non-hydrogen) atoms. The Labute approximate surface area is 265 Å². The minimum atomic E-state index is 0.397. The molecule has 4 rings (SSSR count). The van der Waals surface area contributed by atoms with E-state index in [0.717, 1.165) is 61.9 Å². The van der Waals surface area contributed by atoms with Gasteiger partial charge in [-0.05, 0) is 113 Å². The topological polar surface area (TPSA) is 49.0 Å². The molecule has 0 saturated heterocycles. The van der Waals surface area contributed by atoms with Crippen molar-refractivity contribution in [3.8, 4) is 0 Å². The molecule has 2 N–H and O–H groups in total. The Bertz CT molecular complexity index is 1210. The lowest BCUT2D eigenvalue weighted by atomic mass is 10.2. The van der Waals surface area contributed by atoms with Gasteiger partial charge in [0.2, 0.25) is 0 Å². The molecular formula is C38H50N4O2. The first-order chi connectivity index (χ1) is 21.5. The lowest BCUT2D eigenvalue weighted by molar-refractivity contribution is 0.107. The zero-order valence-electron chi connectivity index (χ0n) is 26.9. The highest BCUT2D eigenvalue weighted by Crippen LogP contribution is 2.24. The Morgan fingerprint density at radius 1 is 0.455 bits per heavy atom. The van der Waals surface area contributed by atoms with E-state index in [0.29, 0.717) is 25.3 Å². The Balaban J connectivity index is 1.08. The summed E-state index contributed by atoms with van der Waals surface area (Å²) < 4.78 is 12.0. The third kappa shape index (κ3) is 10.9. The van der Waals surface area contributed by atoms with E-state index in [2.05, 4.69) is 121 Å². The second-order valence-corrected chi connectivity index (χ2v) is 11.6. The number of rotatable bonds is 19. The van der Waals surface area contributed by atoms with Crippen LogP contribution in [0.1, 0.15) is 40.5 Å². The van der Waals surface area contributed by atoms with Crippen LogP contribution in [0.15, 0.2) is 109 Å². The van der Waals surface area contributed by atoms with Crippen LogP contribution in [0.4, 0.5) is 34.1 Å². The van der Waals surface area contributed by atoms with Crippen LogP contribution in [0.3, 0.4) is 0 Å². The fourth-order valence-corrected chi connectivity index (χ4v) is 5.16. The van der Waals surface area contributed by atoms with Crippen LogP contribution in [0.5, 0.6) is 0 Å². The summed E-state index contributed by atoms with van der Waals surface area (Å²) in [5.74, 6) is 0. The van der Waals surface area contributed by atoms with E-state index >= 15 is 0 Å². The second kappa shape index (κ2) is 18.0. The molecule has 0 unspecified atom stereocenters. The average Bonchev–Trinajstić information content (AvgIpc) is 3.03. The molecule has 4 aromatic carbocycles. The molecule has 6 nitrogen and oxygen atoms in total. The summed E-state index contributed by atoms with van der Waals surface area (Å²) >= 11 is 0. The zero-order chi connectivity index (χ0) is 31.0. The zero-order valence-corrected chi connectivity index (χ0v) is 26.9. The molecule has 0 aliphatic carbocycles. The van der Waals surface area contributed by atoms with Crippen LogP contribution < -0.4 is 20.4 Å². The summed E-state index contributed by atoms with van der Waals surface area (Å²) in [6.07, 6.45) is 2.01. The number of nitrogens with zero attached hydrogens (tertiary/aromatic N) is 2. The molecule has 0 aliphatic rings. The Morgan fingerprint density at radius 2 is 0.795 bits per heavy atom. The van der Waals surface area contributed by atoms with Crippen molar-refractivity contribution in [2.24, 2.45) is 0 Å². The number of hydrogen-bond donors (Lipinski definition) is 2. The van der Waals surface area contributed by atoms with Crippen molar-refractivity contribution in [2.75, 3.05) is 60.0 Å². The number of anilines is 6. The first-order valence-corrected chi connectivity index (χ1v) is 16.0. The molecule has 0 bridgehead atoms. The predicted octanol–water partition coefficient (Wildman–Crippen LogP) is 9.12. The minimum absolute atomic E-state index is 0.397. The Kier molecular flexibility index (Phi) is 13.4. The number of unbranched alkanes of at least 4 members (excludes halogenated alkanes) is 1. The van der Waals surface area contributed by atoms with E-state index in [1.807, 2.05) is 36.4 Å². The standard InChI is InChI=1S/C38H50N4O2/c1-31(2)41(37-21-17-35(18-22-37)39-33-13-7-5-8-14-33)25-29-43-27-11-12-28-44-30-26-42(32(3)4)38-23-19-36(20-24-38)40-34-15-9-6-10-16-34/h5-10,13-24,31-32,39-40H,11-12,25-30H2,1-4H3. The van der Waals surface area contributed by atoms with Gasteiger partial charge in [0.15, 0.2) is 0 Å². The number of para-hydroxylation sites is 2. The van der Waals surface area contributed by atoms with Gasteiger partial charge in [-0.2, -0.15) is 0 Å². The predicted molar refractivity (Wildman–Crippen MR) is 188 cm³/mol. The molecule has 4 aromatic rings. The van der Waals surface area contributed by atoms with Gasteiger partial charge in [0.1, 0.15) is 0 Å². The normalized spacial score (nSPS) is 11.1. The summed E-state index contributed by atoms with van der Waals surface area (Å²) in [6, 6.07) is 38.6. The van der Waals surface area contributed by atoms with Gasteiger partial charge >= 0.3 is 0 Å². The van der Waals surface area contributed by atoms with Crippen molar-refractivity contribution in [1.82, 2.24) is 0 Å². The first-order valence-electron chi connectivity index (χ1n) is 16.0. The van der Waals surface area contributed by atoms with E-state index < -0.39 is 0 Å². The number of ether oxygens (including phenoxy) is 2. The highest BCUT2D eigenvalue weighted by molar-refractivity contribution is 5.64. The molecule has 0 radical (unpaired) electrons. The average molecular weight is 595 g/mol. The third-order valence-corrected chi connectivity index (χ3v) is 7.55. The molecule has 234 valence electrons. The van der Waals surface area contributed by atoms with Crippen LogP contribution in [0.2, 0.25) is 0 Å². The Morgan fingerprint density at radius 3 is 1.14 bits per heavy atom. The lowest BCUT2D eigenvalue weighted by Gasteiger charge is -2.29. The van der Waals surface area contributed by atoms with Gasteiger partial charge in [0.25, 0.3) is 0 Å². The van der Waals surface area contributed by atoms with E-state index in [-0.39, 0.29) is 0 Å². The molecular weight excluding hydrogens is 544 g/mol. The molecule has 0 amide bonds.